The van der Waals surface area contributed by atoms with E-state index in [2.05, 4.69) is 0 Å². The number of nitrogen functional groups attached to an aromatic ring is 1. The Hall–Kier alpha value is -1.71. The molecule has 2 aromatic rings. The van der Waals surface area contributed by atoms with Gasteiger partial charge in [-0.1, -0.05) is 0 Å². The topological polar surface area (TPSA) is 61.2 Å². The lowest BCUT2D eigenvalue weighted by Gasteiger charge is -1.95. The molecule has 1 aromatic heterocycles. The van der Waals surface area contributed by atoms with Gasteiger partial charge in [0, 0.05) is 18.3 Å². The van der Waals surface area contributed by atoms with Crippen molar-refractivity contribution in [2.45, 2.75) is 13.5 Å². The summed E-state index contributed by atoms with van der Waals surface area (Å²) in [6, 6.07) is 5.20. The van der Waals surface area contributed by atoms with E-state index >= 15 is 0 Å². The standard InChI is InChI=1S/C9H10N2O2/c1-2-11-7-4-3-6(10)5-8(7)13-9(11)12/h3-5H,2,10H2,1H3. The van der Waals surface area contributed by atoms with Crippen LogP contribution in [0.15, 0.2) is 27.4 Å². The van der Waals surface area contributed by atoms with Gasteiger partial charge >= 0.3 is 5.76 Å². The minimum atomic E-state index is -0.330. The first-order valence-electron chi connectivity index (χ1n) is 4.11. The van der Waals surface area contributed by atoms with Crippen molar-refractivity contribution in [3.63, 3.8) is 0 Å². The molecule has 0 aliphatic carbocycles. The first-order chi connectivity index (χ1) is 6.22. The molecule has 0 bridgehead atoms. The van der Waals surface area contributed by atoms with E-state index in [0.29, 0.717) is 17.8 Å². The van der Waals surface area contributed by atoms with Gasteiger partial charge in [0.15, 0.2) is 5.58 Å². The van der Waals surface area contributed by atoms with E-state index in [1.165, 1.54) is 0 Å². The number of fused-ring (bicyclic) bond motifs is 1. The fraction of sp³-hybridized carbons (Fsp3) is 0.222. The second-order valence-corrected chi connectivity index (χ2v) is 2.84. The Morgan fingerprint density at radius 2 is 2.31 bits per heavy atom. The van der Waals surface area contributed by atoms with Crippen LogP contribution in [0.2, 0.25) is 0 Å². The molecule has 2 rings (SSSR count). The monoisotopic (exact) mass is 178 g/mol. The molecule has 4 nitrogen and oxygen atoms in total. The summed E-state index contributed by atoms with van der Waals surface area (Å²) in [7, 11) is 0. The van der Waals surface area contributed by atoms with E-state index in [1.807, 2.05) is 6.92 Å². The average Bonchev–Trinajstić information content (AvgIpc) is 2.39. The molecule has 0 atom stereocenters. The summed E-state index contributed by atoms with van der Waals surface area (Å²) >= 11 is 0. The van der Waals surface area contributed by atoms with Gasteiger partial charge in [-0.15, -0.1) is 0 Å². The van der Waals surface area contributed by atoms with Crippen LogP contribution in [0.25, 0.3) is 11.1 Å². The van der Waals surface area contributed by atoms with Crippen LogP contribution in [-0.4, -0.2) is 4.57 Å². The summed E-state index contributed by atoms with van der Waals surface area (Å²) < 4.78 is 6.56. The maximum atomic E-state index is 11.2. The Balaban J connectivity index is 2.87. The molecule has 0 saturated heterocycles. The summed E-state index contributed by atoms with van der Waals surface area (Å²) in [5.74, 6) is -0.330. The molecule has 2 N–H and O–H groups in total. The lowest BCUT2D eigenvalue weighted by atomic mass is 10.3. The number of nitrogens with zero attached hydrogens (tertiary/aromatic N) is 1. The quantitative estimate of drug-likeness (QED) is 0.667. The molecule has 0 saturated carbocycles. The number of rotatable bonds is 1. The zero-order valence-corrected chi connectivity index (χ0v) is 7.28. The summed E-state index contributed by atoms with van der Waals surface area (Å²) in [6.07, 6.45) is 0. The van der Waals surface area contributed by atoms with Gasteiger partial charge in [-0.2, -0.15) is 0 Å². The highest BCUT2D eigenvalue weighted by atomic mass is 16.4. The fourth-order valence-corrected chi connectivity index (χ4v) is 1.38. The third kappa shape index (κ3) is 1.11. The number of aryl methyl sites for hydroxylation is 1. The maximum Gasteiger partial charge on any atom is 0.419 e. The van der Waals surface area contributed by atoms with Gasteiger partial charge < -0.3 is 10.2 Å². The lowest BCUT2D eigenvalue weighted by Crippen LogP contribution is -2.11. The van der Waals surface area contributed by atoms with E-state index in [4.69, 9.17) is 10.2 Å². The number of aromatic nitrogens is 1. The van der Waals surface area contributed by atoms with Crippen LogP contribution in [0.3, 0.4) is 0 Å². The molecule has 1 heterocycles. The van der Waals surface area contributed by atoms with Crippen molar-refractivity contribution in [3.8, 4) is 0 Å². The minimum Gasteiger partial charge on any atom is -0.408 e. The molecule has 0 amide bonds. The molecule has 4 heteroatoms. The molecule has 13 heavy (non-hydrogen) atoms. The Bertz CT molecular complexity index is 496. The minimum absolute atomic E-state index is 0.330. The molecule has 68 valence electrons. The highest BCUT2D eigenvalue weighted by molar-refractivity contribution is 5.76. The zero-order chi connectivity index (χ0) is 9.42. The molecular formula is C9H10N2O2. The molecule has 0 aliphatic rings. The van der Waals surface area contributed by atoms with E-state index in [9.17, 15) is 4.79 Å². The number of hydrogen-bond acceptors (Lipinski definition) is 3. The Labute approximate surface area is 74.6 Å². The first kappa shape index (κ1) is 7.91. The fourth-order valence-electron chi connectivity index (χ4n) is 1.38. The van der Waals surface area contributed by atoms with Gasteiger partial charge in [0.25, 0.3) is 0 Å². The SMILES string of the molecule is CCn1c(=O)oc2cc(N)ccc21. The molecule has 0 radical (unpaired) electrons. The molecular weight excluding hydrogens is 168 g/mol. The Morgan fingerprint density at radius 3 is 3.00 bits per heavy atom. The normalized spacial score (nSPS) is 10.8. The van der Waals surface area contributed by atoms with Crippen molar-refractivity contribution in [3.05, 3.63) is 28.7 Å². The largest absolute Gasteiger partial charge is 0.419 e. The van der Waals surface area contributed by atoms with Crippen molar-refractivity contribution in [1.29, 1.82) is 0 Å². The second kappa shape index (κ2) is 2.65. The van der Waals surface area contributed by atoms with Crippen LogP contribution < -0.4 is 11.5 Å². The average molecular weight is 178 g/mol. The van der Waals surface area contributed by atoms with Crippen LogP contribution in [0, 0.1) is 0 Å². The number of benzene rings is 1. The first-order valence-corrected chi connectivity index (χ1v) is 4.11. The van der Waals surface area contributed by atoms with E-state index in [-0.39, 0.29) is 5.76 Å². The van der Waals surface area contributed by atoms with Crippen LogP contribution >= 0.6 is 0 Å². The predicted molar refractivity (Wildman–Crippen MR) is 50.6 cm³/mol. The Morgan fingerprint density at radius 1 is 1.54 bits per heavy atom. The highest BCUT2D eigenvalue weighted by Gasteiger charge is 2.06. The van der Waals surface area contributed by atoms with Gasteiger partial charge in [0.05, 0.1) is 5.52 Å². The smallest absolute Gasteiger partial charge is 0.408 e. The number of anilines is 1. The molecule has 1 aromatic carbocycles. The van der Waals surface area contributed by atoms with Crippen LogP contribution in [0.1, 0.15) is 6.92 Å². The second-order valence-electron chi connectivity index (χ2n) is 2.84. The van der Waals surface area contributed by atoms with E-state index in [0.717, 1.165) is 5.52 Å². The summed E-state index contributed by atoms with van der Waals surface area (Å²) in [5, 5.41) is 0. The highest BCUT2D eigenvalue weighted by Crippen LogP contribution is 2.15. The van der Waals surface area contributed by atoms with Gasteiger partial charge in [-0.3, -0.25) is 4.57 Å². The van der Waals surface area contributed by atoms with Crippen molar-refractivity contribution >= 4 is 16.8 Å². The van der Waals surface area contributed by atoms with Gasteiger partial charge in [-0.25, -0.2) is 4.79 Å². The Kier molecular flexibility index (Phi) is 1.62. The zero-order valence-electron chi connectivity index (χ0n) is 7.28. The lowest BCUT2D eigenvalue weighted by molar-refractivity contribution is 0.513. The molecule has 0 unspecified atom stereocenters. The number of nitrogens with two attached hydrogens (primary N) is 1. The summed E-state index contributed by atoms with van der Waals surface area (Å²) in [6.45, 7) is 2.50. The molecule has 0 spiro atoms. The number of oxazole rings is 1. The molecule has 0 fully saturated rings. The van der Waals surface area contributed by atoms with E-state index in [1.54, 1.807) is 22.8 Å². The van der Waals surface area contributed by atoms with Crippen LogP contribution in [0.4, 0.5) is 5.69 Å². The summed E-state index contributed by atoms with van der Waals surface area (Å²) in [5.41, 5.74) is 7.50. The van der Waals surface area contributed by atoms with Crippen LogP contribution in [0.5, 0.6) is 0 Å². The van der Waals surface area contributed by atoms with Crippen molar-refractivity contribution < 1.29 is 4.42 Å². The molecule has 0 aliphatic heterocycles. The van der Waals surface area contributed by atoms with Crippen molar-refractivity contribution in [2.75, 3.05) is 5.73 Å². The number of hydrogen-bond donors (Lipinski definition) is 1. The third-order valence-corrected chi connectivity index (χ3v) is 2.01. The predicted octanol–water partition coefficient (Wildman–Crippen LogP) is 1.20. The van der Waals surface area contributed by atoms with Gasteiger partial charge in [0.1, 0.15) is 0 Å². The maximum absolute atomic E-state index is 11.2. The van der Waals surface area contributed by atoms with Gasteiger partial charge in [0.2, 0.25) is 0 Å². The van der Waals surface area contributed by atoms with Crippen LogP contribution in [-0.2, 0) is 6.54 Å². The summed E-state index contributed by atoms with van der Waals surface area (Å²) in [4.78, 5) is 11.2. The third-order valence-electron chi connectivity index (χ3n) is 2.01. The van der Waals surface area contributed by atoms with Crippen molar-refractivity contribution in [1.82, 2.24) is 4.57 Å². The van der Waals surface area contributed by atoms with Gasteiger partial charge in [-0.05, 0) is 19.1 Å². The van der Waals surface area contributed by atoms with Crippen molar-refractivity contribution in [2.24, 2.45) is 0 Å². The van der Waals surface area contributed by atoms with E-state index < -0.39 is 0 Å².